The first-order chi connectivity index (χ1) is 8.48. The van der Waals surface area contributed by atoms with E-state index in [4.69, 9.17) is 10.9 Å². The minimum atomic E-state index is -3.59. The minimum Gasteiger partial charge on any atom is -0.409 e. The quantitative estimate of drug-likeness (QED) is 0.278. The fraction of sp³-hybridized carbons (Fsp3) is 0.909. The van der Waals surface area contributed by atoms with Crippen LogP contribution >= 0.6 is 0 Å². The van der Waals surface area contributed by atoms with E-state index >= 15 is 0 Å². The molecule has 0 atom stereocenters. The first-order valence-corrected chi connectivity index (χ1v) is 7.67. The molecule has 0 aliphatic carbocycles. The van der Waals surface area contributed by atoms with Crippen LogP contribution in [0.3, 0.4) is 0 Å². The Morgan fingerprint density at radius 1 is 1.42 bits per heavy atom. The summed E-state index contributed by atoms with van der Waals surface area (Å²) in [5.41, 5.74) is 4.83. The van der Waals surface area contributed by atoms with Crippen LogP contribution in [0.1, 0.15) is 41.0 Å². The average molecular weight is 294 g/mol. The Morgan fingerprint density at radius 2 is 1.95 bits per heavy atom. The molecule has 7 nitrogen and oxygen atoms in total. The molecular weight excluding hydrogens is 268 g/mol. The maximum Gasteiger partial charge on any atom is 0.279 e. The fourth-order valence-corrected chi connectivity index (χ4v) is 3.19. The Morgan fingerprint density at radius 3 is 2.32 bits per heavy atom. The summed E-state index contributed by atoms with van der Waals surface area (Å²) < 4.78 is 28.4. The van der Waals surface area contributed by atoms with Crippen molar-refractivity contribution >= 4 is 16.0 Å². The Bertz CT molecular complexity index is 399. The molecule has 0 rings (SSSR count). The molecular formula is C11H26N4O3S. The van der Waals surface area contributed by atoms with Crippen LogP contribution in [0.15, 0.2) is 5.16 Å². The van der Waals surface area contributed by atoms with Crippen molar-refractivity contribution in [2.75, 3.05) is 13.1 Å². The molecule has 0 bridgehead atoms. The molecule has 8 heteroatoms. The van der Waals surface area contributed by atoms with E-state index in [2.05, 4.69) is 9.88 Å². The predicted molar refractivity (Wildman–Crippen MR) is 76.2 cm³/mol. The fourth-order valence-electron chi connectivity index (χ4n) is 1.46. The number of nitrogens with two attached hydrogens (primary N) is 1. The highest BCUT2D eigenvalue weighted by molar-refractivity contribution is 7.87. The summed E-state index contributed by atoms with van der Waals surface area (Å²) in [4.78, 5) is 0. The molecule has 0 unspecified atom stereocenters. The molecule has 0 heterocycles. The topological polar surface area (TPSA) is 108 Å². The molecule has 0 saturated carbocycles. The van der Waals surface area contributed by atoms with Gasteiger partial charge < -0.3 is 10.9 Å². The van der Waals surface area contributed by atoms with Crippen molar-refractivity contribution in [2.45, 2.75) is 46.6 Å². The highest BCUT2D eigenvalue weighted by atomic mass is 32.2. The van der Waals surface area contributed by atoms with E-state index in [1.165, 1.54) is 4.31 Å². The van der Waals surface area contributed by atoms with Crippen LogP contribution in [0.4, 0.5) is 0 Å². The van der Waals surface area contributed by atoms with Crippen molar-refractivity contribution in [2.24, 2.45) is 16.8 Å². The van der Waals surface area contributed by atoms with Gasteiger partial charge in [-0.1, -0.05) is 19.0 Å². The number of amidine groups is 1. The lowest BCUT2D eigenvalue weighted by Crippen LogP contribution is -2.50. The molecule has 0 radical (unpaired) electrons. The van der Waals surface area contributed by atoms with Gasteiger partial charge in [0, 0.05) is 25.0 Å². The first kappa shape index (κ1) is 18.1. The van der Waals surface area contributed by atoms with Crippen LogP contribution in [0.5, 0.6) is 0 Å². The average Bonchev–Trinajstić information content (AvgIpc) is 2.19. The van der Waals surface area contributed by atoms with Gasteiger partial charge in [0.2, 0.25) is 0 Å². The number of hydrogen-bond acceptors (Lipinski definition) is 4. The number of rotatable bonds is 7. The van der Waals surface area contributed by atoms with E-state index < -0.39 is 15.7 Å². The number of nitrogens with one attached hydrogen (secondary N) is 1. The molecule has 0 aliphatic heterocycles. The first-order valence-electron chi connectivity index (χ1n) is 6.23. The molecule has 4 N–H and O–H groups in total. The molecule has 0 spiro atoms. The van der Waals surface area contributed by atoms with E-state index in [0.717, 1.165) is 0 Å². The SMILES string of the molecule is CC(C)CN(CCC(N)=NO)S(=O)(=O)NC(C)(C)C. The largest absolute Gasteiger partial charge is 0.409 e. The monoisotopic (exact) mass is 294 g/mol. The molecule has 0 saturated heterocycles. The van der Waals surface area contributed by atoms with Gasteiger partial charge in [0.25, 0.3) is 10.2 Å². The summed E-state index contributed by atoms with van der Waals surface area (Å²) in [6, 6.07) is 0. The van der Waals surface area contributed by atoms with Gasteiger partial charge in [0.15, 0.2) is 0 Å². The number of nitrogens with zero attached hydrogens (tertiary/aromatic N) is 2. The van der Waals surface area contributed by atoms with Crippen molar-refractivity contribution in [3.8, 4) is 0 Å². The van der Waals surface area contributed by atoms with E-state index in [9.17, 15) is 8.42 Å². The van der Waals surface area contributed by atoms with E-state index in [0.29, 0.717) is 6.54 Å². The Labute approximate surface area is 116 Å². The third kappa shape index (κ3) is 8.02. The smallest absolute Gasteiger partial charge is 0.279 e. The molecule has 0 aromatic carbocycles. The number of oxime groups is 1. The van der Waals surface area contributed by atoms with Crippen LogP contribution in [0.25, 0.3) is 0 Å². The molecule has 0 fully saturated rings. The van der Waals surface area contributed by atoms with Crippen molar-refractivity contribution in [3.05, 3.63) is 0 Å². The lowest BCUT2D eigenvalue weighted by atomic mass is 10.1. The van der Waals surface area contributed by atoms with Crippen molar-refractivity contribution < 1.29 is 13.6 Å². The molecule has 114 valence electrons. The third-order valence-electron chi connectivity index (χ3n) is 2.09. The zero-order valence-electron chi connectivity index (χ0n) is 12.3. The van der Waals surface area contributed by atoms with Crippen LogP contribution < -0.4 is 10.5 Å². The maximum absolute atomic E-state index is 12.3. The molecule has 0 aromatic rings. The van der Waals surface area contributed by atoms with E-state index in [1.807, 2.05) is 13.8 Å². The van der Waals surface area contributed by atoms with Gasteiger partial charge >= 0.3 is 0 Å². The standard InChI is InChI=1S/C11H26N4O3S/c1-9(2)8-15(7-6-10(12)13-16)19(17,18)14-11(3,4)5/h9,14,16H,6-8H2,1-5H3,(H2,12,13). The summed E-state index contributed by atoms with van der Waals surface area (Å²) >= 11 is 0. The van der Waals surface area contributed by atoms with Gasteiger partial charge in [-0.3, -0.25) is 0 Å². The van der Waals surface area contributed by atoms with Gasteiger partial charge in [-0.15, -0.1) is 0 Å². The Kier molecular flexibility index (Phi) is 6.74. The summed E-state index contributed by atoms with van der Waals surface area (Å²) in [7, 11) is -3.59. The summed E-state index contributed by atoms with van der Waals surface area (Å²) in [5, 5.41) is 11.3. The van der Waals surface area contributed by atoms with Crippen molar-refractivity contribution in [1.82, 2.24) is 9.03 Å². The van der Waals surface area contributed by atoms with Crippen LogP contribution in [0, 0.1) is 5.92 Å². The summed E-state index contributed by atoms with van der Waals surface area (Å²) in [6.45, 7) is 9.76. The van der Waals surface area contributed by atoms with Gasteiger partial charge in [-0.2, -0.15) is 17.4 Å². The summed E-state index contributed by atoms with van der Waals surface area (Å²) in [6.07, 6.45) is 0.189. The molecule has 0 aliphatic rings. The minimum absolute atomic E-state index is 0.0136. The Balaban J connectivity index is 4.92. The highest BCUT2D eigenvalue weighted by Crippen LogP contribution is 2.10. The molecule has 0 amide bonds. The molecule has 0 aromatic heterocycles. The van der Waals surface area contributed by atoms with Crippen LogP contribution in [0.2, 0.25) is 0 Å². The lowest BCUT2D eigenvalue weighted by Gasteiger charge is -2.28. The second-order valence-electron chi connectivity index (χ2n) is 5.95. The highest BCUT2D eigenvalue weighted by Gasteiger charge is 2.27. The van der Waals surface area contributed by atoms with Crippen molar-refractivity contribution in [3.63, 3.8) is 0 Å². The van der Waals surface area contributed by atoms with Gasteiger partial charge in [-0.25, -0.2) is 0 Å². The number of hydrogen-bond donors (Lipinski definition) is 3. The van der Waals surface area contributed by atoms with Gasteiger partial charge in [0.05, 0.1) is 0 Å². The Hall–Kier alpha value is -0.860. The van der Waals surface area contributed by atoms with Crippen molar-refractivity contribution in [1.29, 1.82) is 0 Å². The maximum atomic E-state index is 12.3. The zero-order valence-corrected chi connectivity index (χ0v) is 13.2. The third-order valence-corrected chi connectivity index (χ3v) is 3.97. The second kappa shape index (κ2) is 7.06. The summed E-state index contributed by atoms with van der Waals surface area (Å²) in [5.74, 6) is 0.198. The predicted octanol–water partition coefficient (Wildman–Crippen LogP) is 0.714. The van der Waals surface area contributed by atoms with Gasteiger partial charge in [-0.05, 0) is 26.7 Å². The zero-order chi connectivity index (χ0) is 15.3. The van der Waals surface area contributed by atoms with Gasteiger partial charge in [0.1, 0.15) is 5.84 Å². The molecule has 19 heavy (non-hydrogen) atoms. The second-order valence-corrected chi connectivity index (χ2v) is 7.62. The van der Waals surface area contributed by atoms with Crippen LogP contribution in [-0.2, 0) is 10.2 Å². The lowest BCUT2D eigenvalue weighted by molar-refractivity contribution is 0.314. The van der Waals surface area contributed by atoms with E-state index in [1.54, 1.807) is 20.8 Å². The van der Waals surface area contributed by atoms with E-state index in [-0.39, 0.29) is 24.7 Å². The van der Waals surface area contributed by atoms with Crippen LogP contribution in [-0.4, -0.2) is 42.4 Å². The normalized spacial score (nSPS) is 14.4.